The van der Waals surface area contributed by atoms with Gasteiger partial charge in [-0.15, -0.1) is 19.7 Å². The zero-order chi connectivity index (χ0) is 8.74. The molecule has 0 aliphatic heterocycles. The number of allylic oxidation sites excluding steroid dienone is 3. The molecule has 12 heavy (non-hydrogen) atoms. The van der Waals surface area contributed by atoms with Gasteiger partial charge in [0.2, 0.25) is 0 Å². The van der Waals surface area contributed by atoms with Crippen molar-refractivity contribution in [3.05, 3.63) is 38.0 Å². The Balaban J connectivity index is 0. The van der Waals surface area contributed by atoms with Crippen LogP contribution in [0.3, 0.4) is 0 Å². The molecule has 0 fully saturated rings. The van der Waals surface area contributed by atoms with Gasteiger partial charge in [0.05, 0.1) is 7.14 Å². The lowest BCUT2D eigenvalue weighted by molar-refractivity contribution is 0.580. The molecule has 0 aromatic heterocycles. The maximum atomic E-state index is 11.8. The molecule has 70 valence electrons. The first-order valence-electron chi connectivity index (χ1n) is 3.58. The van der Waals surface area contributed by atoms with Crippen molar-refractivity contribution in [1.29, 1.82) is 0 Å². The zero-order valence-corrected chi connectivity index (χ0v) is 7.72. The lowest BCUT2D eigenvalue weighted by atomic mass is 10.7. The number of hydrogen-bond acceptors (Lipinski definition) is 1. The van der Waals surface area contributed by atoms with Gasteiger partial charge in [0, 0.05) is 18.5 Å². The predicted molar refractivity (Wildman–Crippen MR) is 59.5 cm³/mol. The van der Waals surface area contributed by atoms with Crippen molar-refractivity contribution in [2.45, 2.75) is 7.43 Å². The van der Waals surface area contributed by atoms with Crippen molar-refractivity contribution in [2.24, 2.45) is 0 Å². The van der Waals surface area contributed by atoms with Gasteiger partial charge >= 0.3 is 0 Å². The van der Waals surface area contributed by atoms with E-state index in [2.05, 4.69) is 19.7 Å². The summed E-state index contributed by atoms with van der Waals surface area (Å²) in [6.07, 6.45) is 6.87. The van der Waals surface area contributed by atoms with Gasteiger partial charge in [-0.05, 0) is 0 Å². The van der Waals surface area contributed by atoms with Crippen LogP contribution in [-0.4, -0.2) is 18.5 Å². The van der Waals surface area contributed by atoms with E-state index in [-0.39, 0.29) is 7.43 Å². The molecule has 0 saturated heterocycles. The molecule has 1 nitrogen and oxygen atoms in total. The molecular formula is C10H19OP. The molecule has 2 heteroatoms. The molecule has 0 amide bonds. The monoisotopic (exact) mass is 186 g/mol. The van der Waals surface area contributed by atoms with E-state index in [1.165, 1.54) is 0 Å². The van der Waals surface area contributed by atoms with E-state index in [1.54, 1.807) is 18.2 Å². The minimum Gasteiger partial charge on any atom is -0.323 e. The van der Waals surface area contributed by atoms with Gasteiger partial charge in [0.15, 0.2) is 0 Å². The van der Waals surface area contributed by atoms with Crippen molar-refractivity contribution in [3.63, 3.8) is 0 Å². The first-order valence-corrected chi connectivity index (χ1v) is 5.84. The average Bonchev–Trinajstić information content (AvgIpc) is 1.88. The van der Waals surface area contributed by atoms with E-state index in [0.29, 0.717) is 18.5 Å². The lowest BCUT2D eigenvalue weighted by Crippen LogP contribution is -1.93. The Morgan fingerprint density at radius 1 is 0.917 bits per heavy atom. The minimum absolute atomic E-state index is 0. The van der Waals surface area contributed by atoms with Crippen LogP contribution in [0.25, 0.3) is 0 Å². The van der Waals surface area contributed by atoms with Crippen LogP contribution in [0.2, 0.25) is 0 Å². The Labute approximate surface area is 76.3 Å². The highest BCUT2D eigenvalue weighted by Crippen LogP contribution is 2.45. The molecule has 0 N–H and O–H groups in total. The first kappa shape index (κ1) is 14.0. The fourth-order valence-corrected chi connectivity index (χ4v) is 2.79. The van der Waals surface area contributed by atoms with Crippen molar-refractivity contribution in [1.82, 2.24) is 0 Å². The molecule has 0 unspecified atom stereocenters. The first-order chi connectivity index (χ1) is 5.18. The molecular weight excluding hydrogens is 167 g/mol. The molecule has 0 aromatic rings. The summed E-state index contributed by atoms with van der Waals surface area (Å²) in [6.45, 7) is 10.7. The van der Waals surface area contributed by atoms with Crippen LogP contribution in [0.4, 0.5) is 0 Å². The van der Waals surface area contributed by atoms with E-state index < -0.39 is 7.14 Å². The Morgan fingerprint density at radius 2 is 1.17 bits per heavy atom. The second-order valence-corrected chi connectivity index (χ2v) is 5.68. The van der Waals surface area contributed by atoms with E-state index in [9.17, 15) is 4.57 Å². The summed E-state index contributed by atoms with van der Waals surface area (Å²) in [5, 5.41) is 0. The van der Waals surface area contributed by atoms with Gasteiger partial charge in [-0.25, -0.2) is 0 Å². The second-order valence-electron chi connectivity index (χ2n) is 2.47. The van der Waals surface area contributed by atoms with Gasteiger partial charge in [-0.2, -0.15) is 0 Å². The van der Waals surface area contributed by atoms with Gasteiger partial charge in [0.25, 0.3) is 0 Å². The molecule has 0 radical (unpaired) electrons. The summed E-state index contributed by atoms with van der Waals surface area (Å²) < 4.78 is 11.8. The van der Waals surface area contributed by atoms with Crippen LogP contribution in [0, 0.1) is 0 Å². The molecule has 0 aromatic carbocycles. The van der Waals surface area contributed by atoms with E-state index >= 15 is 0 Å². The third kappa shape index (κ3) is 5.15. The van der Waals surface area contributed by atoms with Crippen molar-refractivity contribution >= 4 is 7.14 Å². The highest BCUT2D eigenvalue weighted by atomic mass is 31.2. The second kappa shape index (κ2) is 7.12. The van der Waals surface area contributed by atoms with E-state index in [4.69, 9.17) is 0 Å². The van der Waals surface area contributed by atoms with Gasteiger partial charge in [-0.1, -0.05) is 25.7 Å². The van der Waals surface area contributed by atoms with E-state index in [1.807, 2.05) is 0 Å². The lowest BCUT2D eigenvalue weighted by Gasteiger charge is -2.10. The molecule has 0 atom stereocenters. The standard InChI is InChI=1S/C9H15OP.CH4/c1-4-7-11(10,8-5-2)9-6-3;/h4-6H,1-3,7-9H2;1H4. The summed E-state index contributed by atoms with van der Waals surface area (Å²) in [5.41, 5.74) is 0. The Bertz CT molecular complexity index is 161. The van der Waals surface area contributed by atoms with Gasteiger partial charge in [-0.3, -0.25) is 0 Å². The molecule has 0 spiro atoms. The molecule has 0 aliphatic rings. The van der Waals surface area contributed by atoms with Crippen LogP contribution in [0.1, 0.15) is 7.43 Å². The fraction of sp³-hybridized carbons (Fsp3) is 0.400. The van der Waals surface area contributed by atoms with Crippen LogP contribution >= 0.6 is 7.14 Å². The number of rotatable bonds is 6. The highest BCUT2D eigenvalue weighted by Gasteiger charge is 2.15. The van der Waals surface area contributed by atoms with Crippen molar-refractivity contribution < 1.29 is 4.57 Å². The maximum absolute atomic E-state index is 11.8. The number of hydrogen-bond donors (Lipinski definition) is 0. The average molecular weight is 186 g/mol. The predicted octanol–water partition coefficient (Wildman–Crippen LogP) is 3.54. The third-order valence-corrected chi connectivity index (χ3v) is 4.16. The molecule has 0 aliphatic carbocycles. The molecule has 0 rings (SSSR count). The highest BCUT2D eigenvalue weighted by molar-refractivity contribution is 7.64. The van der Waals surface area contributed by atoms with Crippen molar-refractivity contribution in [2.75, 3.05) is 18.5 Å². The summed E-state index contributed by atoms with van der Waals surface area (Å²) in [6, 6.07) is 0. The minimum atomic E-state index is -2.07. The van der Waals surface area contributed by atoms with Gasteiger partial charge < -0.3 is 4.57 Å². The summed E-state index contributed by atoms with van der Waals surface area (Å²) in [7, 11) is -2.07. The molecule has 0 saturated carbocycles. The normalized spacial score (nSPS) is 9.67. The largest absolute Gasteiger partial charge is 0.323 e. The zero-order valence-electron chi connectivity index (χ0n) is 6.83. The van der Waals surface area contributed by atoms with Gasteiger partial charge in [0.1, 0.15) is 0 Å². The SMILES string of the molecule is C.C=CCP(=O)(CC=C)CC=C. The smallest absolute Gasteiger partial charge is 0.0984 e. The third-order valence-electron chi connectivity index (χ3n) is 1.39. The van der Waals surface area contributed by atoms with Crippen LogP contribution in [-0.2, 0) is 4.57 Å². The maximum Gasteiger partial charge on any atom is 0.0984 e. The quantitative estimate of drug-likeness (QED) is 0.458. The summed E-state index contributed by atoms with van der Waals surface area (Å²) in [4.78, 5) is 0. The Morgan fingerprint density at radius 3 is 1.33 bits per heavy atom. The van der Waals surface area contributed by atoms with E-state index in [0.717, 1.165) is 0 Å². The topological polar surface area (TPSA) is 17.1 Å². The van der Waals surface area contributed by atoms with Crippen LogP contribution in [0.5, 0.6) is 0 Å². The summed E-state index contributed by atoms with van der Waals surface area (Å²) >= 11 is 0. The van der Waals surface area contributed by atoms with Crippen LogP contribution in [0.15, 0.2) is 38.0 Å². The van der Waals surface area contributed by atoms with Crippen LogP contribution < -0.4 is 0 Å². The summed E-state index contributed by atoms with van der Waals surface area (Å²) in [5.74, 6) is 0. The Kier molecular flexibility index (Phi) is 8.31. The van der Waals surface area contributed by atoms with Crippen molar-refractivity contribution in [3.8, 4) is 0 Å². The Hall–Kier alpha value is -0.550. The molecule has 0 bridgehead atoms. The molecule has 0 heterocycles. The fourth-order valence-electron chi connectivity index (χ4n) is 0.929.